The number of carbonyl (C=O) groups excluding carboxylic acids is 1. The quantitative estimate of drug-likeness (QED) is 0.556. The minimum atomic E-state index is -2.97. The molecule has 0 aromatic heterocycles. The Morgan fingerprint density at radius 1 is 0.946 bits per heavy atom. The Bertz CT molecular complexity index is 1250. The predicted molar refractivity (Wildman–Crippen MR) is 145 cm³/mol. The molecule has 2 bridgehead atoms. The summed E-state index contributed by atoms with van der Waals surface area (Å²) in [4.78, 5) is 19.4. The average molecular weight is 550 g/mol. The Balaban J connectivity index is 1.10. The maximum atomic E-state index is 12.8. The van der Waals surface area contributed by atoms with E-state index in [4.69, 9.17) is 0 Å². The van der Waals surface area contributed by atoms with Crippen molar-refractivity contribution < 1.29 is 21.6 Å². The largest absolute Gasteiger partial charge is 0.369 e. The van der Waals surface area contributed by atoms with Gasteiger partial charge in [-0.15, -0.1) is 0 Å². The minimum absolute atomic E-state index is 0.0977. The fourth-order valence-corrected chi connectivity index (χ4v) is 10.5. The Kier molecular flexibility index (Phi) is 6.29. The summed E-state index contributed by atoms with van der Waals surface area (Å²) in [5.41, 5.74) is 2.63. The molecule has 3 heterocycles. The van der Waals surface area contributed by atoms with E-state index in [1.54, 1.807) is 4.90 Å². The Labute approximate surface area is 221 Å². The van der Waals surface area contributed by atoms with E-state index in [1.807, 2.05) is 0 Å². The van der Waals surface area contributed by atoms with Gasteiger partial charge in [0.25, 0.3) is 0 Å². The lowest BCUT2D eigenvalue weighted by atomic mass is 9.44. The van der Waals surface area contributed by atoms with Crippen molar-refractivity contribution >= 4 is 37.0 Å². The van der Waals surface area contributed by atoms with E-state index < -0.39 is 19.7 Å². The van der Waals surface area contributed by atoms with Crippen LogP contribution in [-0.4, -0.2) is 89.4 Å². The Morgan fingerprint density at radius 3 is 2.30 bits per heavy atom. The van der Waals surface area contributed by atoms with Gasteiger partial charge in [-0.05, 0) is 67.1 Å². The highest BCUT2D eigenvalue weighted by Crippen LogP contribution is 2.64. The van der Waals surface area contributed by atoms with E-state index in [0.717, 1.165) is 31.5 Å². The van der Waals surface area contributed by atoms with Gasteiger partial charge < -0.3 is 14.7 Å². The average Bonchev–Trinajstić information content (AvgIpc) is 2.83. The SMILES string of the molecule is CC12CC3CC(CCC(=O)N4CCS(=O)(=O)CC4)C1CC2N(c1cccc(N2CCS(=O)(=O)CC2)c1)C3. The first-order valence-corrected chi connectivity index (χ1v) is 17.5. The molecule has 6 rings (SSSR count). The zero-order valence-electron chi connectivity index (χ0n) is 21.7. The van der Waals surface area contributed by atoms with Crippen molar-refractivity contribution in [1.82, 2.24) is 4.90 Å². The molecule has 0 radical (unpaired) electrons. The van der Waals surface area contributed by atoms with Crippen LogP contribution in [0.4, 0.5) is 11.4 Å². The number of hydrogen-bond donors (Lipinski definition) is 0. The van der Waals surface area contributed by atoms with Gasteiger partial charge in [-0.3, -0.25) is 4.79 Å². The van der Waals surface area contributed by atoms with Crippen LogP contribution in [0.25, 0.3) is 0 Å². The van der Waals surface area contributed by atoms with Gasteiger partial charge in [-0.1, -0.05) is 13.0 Å². The molecule has 0 spiro atoms. The maximum absolute atomic E-state index is 12.8. The lowest BCUT2D eigenvalue weighted by molar-refractivity contribution is -0.134. The summed E-state index contributed by atoms with van der Waals surface area (Å²) in [6.07, 6.45) is 5.03. The molecule has 3 saturated heterocycles. The topological polar surface area (TPSA) is 95.1 Å². The van der Waals surface area contributed by atoms with Crippen molar-refractivity contribution in [2.75, 3.05) is 65.5 Å². The molecule has 5 aliphatic rings. The molecule has 1 aromatic rings. The highest BCUT2D eigenvalue weighted by Gasteiger charge is 2.62. The molecule has 5 fully saturated rings. The first kappa shape index (κ1) is 25.5. The zero-order chi connectivity index (χ0) is 26.0. The number of nitrogens with zero attached hydrogens (tertiary/aromatic N) is 3. The predicted octanol–water partition coefficient (Wildman–Crippen LogP) is 2.20. The molecule has 5 unspecified atom stereocenters. The normalized spacial score (nSPS) is 36.1. The van der Waals surface area contributed by atoms with Crippen molar-refractivity contribution in [3.63, 3.8) is 0 Å². The minimum Gasteiger partial charge on any atom is -0.369 e. The molecule has 8 nitrogen and oxygen atoms in total. The lowest BCUT2D eigenvalue weighted by Gasteiger charge is -2.68. The number of sulfone groups is 2. The second-order valence-corrected chi connectivity index (χ2v) is 16.9. The maximum Gasteiger partial charge on any atom is 0.222 e. The van der Waals surface area contributed by atoms with E-state index in [1.165, 1.54) is 12.1 Å². The summed E-state index contributed by atoms with van der Waals surface area (Å²) in [5.74, 6) is 2.60. The van der Waals surface area contributed by atoms with Gasteiger partial charge in [0.1, 0.15) is 0 Å². The molecule has 37 heavy (non-hydrogen) atoms. The van der Waals surface area contributed by atoms with Crippen LogP contribution in [0.5, 0.6) is 0 Å². The van der Waals surface area contributed by atoms with Crippen LogP contribution in [0, 0.1) is 23.2 Å². The third kappa shape index (κ3) is 4.77. The second-order valence-electron chi connectivity index (χ2n) is 12.3. The molecule has 3 aliphatic heterocycles. The van der Waals surface area contributed by atoms with Crippen molar-refractivity contribution in [3.8, 4) is 0 Å². The number of benzene rings is 1. The van der Waals surface area contributed by atoms with Crippen molar-refractivity contribution in [2.45, 2.75) is 45.1 Å². The van der Waals surface area contributed by atoms with Crippen molar-refractivity contribution in [3.05, 3.63) is 24.3 Å². The highest BCUT2D eigenvalue weighted by atomic mass is 32.2. The molecule has 10 heteroatoms. The summed E-state index contributed by atoms with van der Waals surface area (Å²) < 4.78 is 47.2. The van der Waals surface area contributed by atoms with Crippen LogP contribution in [-0.2, 0) is 24.5 Å². The van der Waals surface area contributed by atoms with E-state index >= 15 is 0 Å². The molecule has 2 saturated carbocycles. The number of hydrogen-bond acceptors (Lipinski definition) is 7. The molecule has 204 valence electrons. The van der Waals surface area contributed by atoms with Crippen LogP contribution in [0.3, 0.4) is 0 Å². The van der Waals surface area contributed by atoms with E-state index in [9.17, 15) is 21.6 Å². The van der Waals surface area contributed by atoms with Crippen LogP contribution >= 0.6 is 0 Å². The van der Waals surface area contributed by atoms with E-state index in [0.29, 0.717) is 56.4 Å². The van der Waals surface area contributed by atoms with Gasteiger partial charge >= 0.3 is 0 Å². The Morgan fingerprint density at radius 2 is 1.59 bits per heavy atom. The van der Waals surface area contributed by atoms with Crippen LogP contribution in [0.2, 0.25) is 0 Å². The Hall–Kier alpha value is -1.81. The highest BCUT2D eigenvalue weighted by molar-refractivity contribution is 7.91. The van der Waals surface area contributed by atoms with Gasteiger partial charge in [0.2, 0.25) is 5.91 Å². The third-order valence-corrected chi connectivity index (χ3v) is 13.4. The summed E-state index contributed by atoms with van der Waals surface area (Å²) in [5, 5.41) is 0. The first-order chi connectivity index (χ1) is 17.5. The number of fused-ring (bicyclic) bond motifs is 1. The number of rotatable bonds is 5. The molecular weight excluding hydrogens is 510 g/mol. The third-order valence-electron chi connectivity index (χ3n) is 10.1. The lowest BCUT2D eigenvalue weighted by Crippen LogP contribution is -2.69. The molecule has 5 atom stereocenters. The summed E-state index contributed by atoms with van der Waals surface area (Å²) in [7, 11) is -5.87. The number of piperidine rings is 1. The van der Waals surface area contributed by atoms with Gasteiger partial charge in [0.05, 0.1) is 23.0 Å². The summed E-state index contributed by atoms with van der Waals surface area (Å²) >= 11 is 0. The van der Waals surface area contributed by atoms with Crippen molar-refractivity contribution in [2.24, 2.45) is 23.2 Å². The molecule has 0 N–H and O–H groups in total. The number of anilines is 2. The van der Waals surface area contributed by atoms with Gasteiger partial charge in [0, 0.05) is 56.6 Å². The smallest absolute Gasteiger partial charge is 0.222 e. The summed E-state index contributed by atoms with van der Waals surface area (Å²) in [6, 6.07) is 9.18. The van der Waals surface area contributed by atoms with E-state index in [2.05, 4.69) is 41.0 Å². The first-order valence-electron chi connectivity index (χ1n) is 13.8. The van der Waals surface area contributed by atoms with Crippen molar-refractivity contribution in [1.29, 1.82) is 0 Å². The molecule has 2 aliphatic carbocycles. The summed E-state index contributed by atoms with van der Waals surface area (Å²) in [6.45, 7) is 5.31. The molecule has 1 aromatic carbocycles. The van der Waals surface area contributed by atoms with Gasteiger partial charge in [-0.25, -0.2) is 16.8 Å². The van der Waals surface area contributed by atoms with Gasteiger partial charge in [0.15, 0.2) is 19.7 Å². The number of carbonyl (C=O) groups is 1. The fraction of sp³-hybridized carbons (Fsp3) is 0.741. The zero-order valence-corrected chi connectivity index (χ0v) is 23.4. The number of amides is 1. The fourth-order valence-electron chi connectivity index (χ4n) is 8.08. The second kappa shape index (κ2) is 9.14. The van der Waals surface area contributed by atoms with Crippen LogP contribution in [0.1, 0.15) is 39.0 Å². The van der Waals surface area contributed by atoms with E-state index in [-0.39, 0.29) is 34.3 Å². The van der Waals surface area contributed by atoms with Gasteiger partial charge in [-0.2, -0.15) is 0 Å². The molecular formula is C27H39N3O5S2. The van der Waals surface area contributed by atoms with Crippen LogP contribution < -0.4 is 9.80 Å². The molecule has 1 amide bonds. The standard InChI is InChI=1S/C27H39N3O5S2/c1-27-18-20-15-21(5-6-26(31)29-9-13-37(34,35)14-10-29)24(27)17-25(27)30(19-20)23-4-2-3-22(16-23)28-7-11-36(32,33)12-8-28/h2-4,16,20-21,24-25H,5-15,17-19H2,1H3. The monoisotopic (exact) mass is 549 g/mol. The van der Waals surface area contributed by atoms with Crippen LogP contribution in [0.15, 0.2) is 24.3 Å².